The van der Waals surface area contributed by atoms with Crippen LogP contribution in [0.5, 0.6) is 5.75 Å². The number of benzene rings is 2. The molecule has 11 heteroatoms. The number of nitrogens with two attached hydrogens (primary N) is 1. The molecule has 1 heterocycles. The van der Waals surface area contributed by atoms with Crippen LogP contribution in [0.1, 0.15) is 11.1 Å². The lowest BCUT2D eigenvalue weighted by molar-refractivity contribution is -0.274. The van der Waals surface area contributed by atoms with Gasteiger partial charge in [-0.25, -0.2) is 22.7 Å². The first kappa shape index (κ1) is 19.8. The summed E-state index contributed by atoms with van der Waals surface area (Å²) in [5.41, 5.74) is 0.653. The van der Waals surface area contributed by atoms with Crippen LogP contribution in [0.15, 0.2) is 47.4 Å². The number of esters is 1. The monoisotopic (exact) mass is 417 g/mol. The van der Waals surface area contributed by atoms with Crippen LogP contribution in [0.25, 0.3) is 11.1 Å². The fourth-order valence-electron chi connectivity index (χ4n) is 2.67. The highest BCUT2D eigenvalue weighted by Crippen LogP contribution is 2.35. The second-order valence-corrected chi connectivity index (χ2v) is 7.22. The molecule has 0 unspecified atom stereocenters. The molecule has 1 aliphatic heterocycles. The molecule has 148 valence electrons. The minimum atomic E-state index is -4.86. The van der Waals surface area contributed by atoms with E-state index < -0.39 is 38.8 Å². The summed E-state index contributed by atoms with van der Waals surface area (Å²) in [7, 11) is -4.27. The van der Waals surface area contributed by atoms with Crippen LogP contribution in [-0.4, -0.2) is 27.4 Å². The van der Waals surface area contributed by atoms with Crippen molar-refractivity contribution in [1.29, 1.82) is 0 Å². The van der Waals surface area contributed by atoms with E-state index in [2.05, 4.69) is 4.74 Å². The summed E-state index contributed by atoms with van der Waals surface area (Å²) in [5, 5.41) is 4.91. The second kappa shape index (κ2) is 6.91. The minimum Gasteiger partial charge on any atom is -0.457 e. The maximum Gasteiger partial charge on any atom is 0.573 e. The Kier molecular flexibility index (Phi) is 4.90. The molecule has 0 fully saturated rings. The van der Waals surface area contributed by atoms with Crippen molar-refractivity contribution in [2.75, 3.05) is 6.61 Å². The van der Waals surface area contributed by atoms with E-state index in [0.29, 0.717) is 0 Å². The molecule has 0 aliphatic carbocycles. The predicted octanol–water partition coefficient (Wildman–Crippen LogP) is 2.84. The molecule has 2 N–H and O–H groups in total. The van der Waals surface area contributed by atoms with Gasteiger partial charge < -0.3 is 9.47 Å². The average molecular weight is 417 g/mol. The molecular weight excluding hydrogens is 406 g/mol. The quantitative estimate of drug-likeness (QED) is 0.610. The Morgan fingerprint density at radius 2 is 1.64 bits per heavy atom. The summed E-state index contributed by atoms with van der Waals surface area (Å²) in [6, 6.07) is 7.57. The fraction of sp³-hybridized carbons (Fsp3) is 0.118. The van der Waals surface area contributed by atoms with Crippen LogP contribution in [0.3, 0.4) is 0 Å². The van der Waals surface area contributed by atoms with Crippen molar-refractivity contribution >= 4 is 27.1 Å². The van der Waals surface area contributed by atoms with Gasteiger partial charge in [-0.1, -0.05) is 18.2 Å². The van der Waals surface area contributed by atoms with Gasteiger partial charge in [0, 0.05) is 5.57 Å². The lowest BCUT2D eigenvalue weighted by Crippen LogP contribution is -2.17. The Morgan fingerprint density at radius 3 is 2.18 bits per heavy atom. The van der Waals surface area contributed by atoms with Crippen molar-refractivity contribution in [2.24, 2.45) is 5.14 Å². The molecule has 0 amide bonds. The number of carbonyl (C=O) groups is 1. The first-order valence-corrected chi connectivity index (χ1v) is 9.09. The van der Waals surface area contributed by atoms with Gasteiger partial charge in [-0.2, -0.15) is 0 Å². The number of hydrogen-bond donors (Lipinski definition) is 1. The molecule has 2 aromatic rings. The number of ether oxygens (including phenoxy) is 2. The van der Waals surface area contributed by atoms with E-state index in [-0.39, 0.29) is 28.9 Å². The number of carbonyl (C=O) groups excluding carboxylic acids is 1. The van der Waals surface area contributed by atoms with Crippen LogP contribution in [0, 0.1) is 5.82 Å². The number of halogens is 4. The van der Waals surface area contributed by atoms with E-state index in [1.807, 2.05) is 0 Å². The van der Waals surface area contributed by atoms with Gasteiger partial charge in [0.15, 0.2) is 0 Å². The van der Waals surface area contributed by atoms with Crippen molar-refractivity contribution < 1.29 is 40.2 Å². The smallest absolute Gasteiger partial charge is 0.457 e. The van der Waals surface area contributed by atoms with Crippen LogP contribution >= 0.6 is 0 Å². The Balaban J connectivity index is 2.02. The van der Waals surface area contributed by atoms with Gasteiger partial charge in [0.1, 0.15) is 23.1 Å². The zero-order valence-electron chi connectivity index (χ0n) is 13.8. The van der Waals surface area contributed by atoms with E-state index in [9.17, 15) is 30.8 Å². The lowest BCUT2D eigenvalue weighted by Gasteiger charge is -2.10. The van der Waals surface area contributed by atoms with Crippen molar-refractivity contribution in [3.05, 3.63) is 59.4 Å². The molecular formula is C17H11F4NO5S. The van der Waals surface area contributed by atoms with E-state index >= 15 is 0 Å². The molecule has 28 heavy (non-hydrogen) atoms. The third-order valence-electron chi connectivity index (χ3n) is 3.82. The van der Waals surface area contributed by atoms with Crippen molar-refractivity contribution in [2.45, 2.75) is 11.3 Å². The van der Waals surface area contributed by atoms with Gasteiger partial charge >= 0.3 is 12.3 Å². The molecule has 0 atom stereocenters. The van der Waals surface area contributed by atoms with E-state index in [4.69, 9.17) is 9.88 Å². The van der Waals surface area contributed by atoms with Gasteiger partial charge in [-0.3, -0.25) is 0 Å². The number of hydrogen-bond acceptors (Lipinski definition) is 5. The maximum atomic E-state index is 14.1. The standard InChI is InChI=1S/C17H11F4NO5S/c18-13-7-10(3-6-14(13)28(22,24)25)12-8-26-16(23)15(12)9-1-4-11(5-2-9)27-17(19,20)21/h1-7H,8H2,(H2,22,24,25). The molecule has 0 bridgehead atoms. The average Bonchev–Trinajstić information content (AvgIpc) is 2.94. The highest BCUT2D eigenvalue weighted by atomic mass is 32.2. The minimum absolute atomic E-state index is 0.0151. The first-order valence-electron chi connectivity index (χ1n) is 7.55. The van der Waals surface area contributed by atoms with Crippen LogP contribution < -0.4 is 9.88 Å². The van der Waals surface area contributed by atoms with Crippen molar-refractivity contribution in [3.63, 3.8) is 0 Å². The molecule has 0 saturated carbocycles. The summed E-state index contributed by atoms with van der Waals surface area (Å²) < 4.78 is 82.2. The van der Waals surface area contributed by atoms with Gasteiger partial charge in [0.25, 0.3) is 0 Å². The van der Waals surface area contributed by atoms with Crippen LogP contribution in [0.2, 0.25) is 0 Å². The maximum absolute atomic E-state index is 14.1. The largest absolute Gasteiger partial charge is 0.573 e. The summed E-state index contributed by atoms with van der Waals surface area (Å²) in [4.78, 5) is 11.4. The Hall–Kier alpha value is -2.92. The predicted molar refractivity (Wildman–Crippen MR) is 88.7 cm³/mol. The Morgan fingerprint density at radius 1 is 1.04 bits per heavy atom. The lowest BCUT2D eigenvalue weighted by atomic mass is 9.96. The molecule has 1 aliphatic rings. The molecule has 2 aromatic carbocycles. The van der Waals surface area contributed by atoms with Crippen LogP contribution in [0.4, 0.5) is 17.6 Å². The molecule has 0 radical (unpaired) electrons. The summed E-state index contributed by atoms with van der Waals surface area (Å²) in [5.74, 6) is -2.34. The molecule has 6 nitrogen and oxygen atoms in total. The van der Waals surface area contributed by atoms with Crippen molar-refractivity contribution in [1.82, 2.24) is 0 Å². The number of sulfonamides is 1. The topological polar surface area (TPSA) is 95.7 Å². The summed E-state index contributed by atoms with van der Waals surface area (Å²) >= 11 is 0. The molecule has 0 spiro atoms. The van der Waals surface area contributed by atoms with Gasteiger partial charge in [-0.05, 0) is 35.4 Å². The van der Waals surface area contributed by atoms with E-state index in [0.717, 1.165) is 24.3 Å². The SMILES string of the molecule is NS(=O)(=O)c1ccc(C2=C(c3ccc(OC(F)(F)F)cc3)C(=O)OC2)cc1F. The van der Waals surface area contributed by atoms with Gasteiger partial charge in [0.2, 0.25) is 10.0 Å². The Bertz CT molecular complexity index is 1080. The zero-order valence-corrected chi connectivity index (χ0v) is 14.6. The molecule has 0 aromatic heterocycles. The molecule has 3 rings (SSSR count). The number of cyclic esters (lactones) is 1. The van der Waals surface area contributed by atoms with E-state index in [1.54, 1.807) is 0 Å². The Labute approximate surface area is 156 Å². The fourth-order valence-corrected chi connectivity index (χ4v) is 3.26. The highest BCUT2D eigenvalue weighted by molar-refractivity contribution is 7.89. The van der Waals surface area contributed by atoms with Crippen molar-refractivity contribution in [3.8, 4) is 5.75 Å². The van der Waals surface area contributed by atoms with Crippen LogP contribution in [-0.2, 0) is 19.6 Å². The van der Waals surface area contributed by atoms with Gasteiger partial charge in [-0.15, -0.1) is 13.2 Å². The normalized spacial score (nSPS) is 15.0. The number of rotatable bonds is 4. The number of alkyl halides is 3. The highest BCUT2D eigenvalue weighted by Gasteiger charge is 2.32. The zero-order chi connectivity index (χ0) is 20.7. The first-order chi connectivity index (χ1) is 13.0. The molecule has 0 saturated heterocycles. The summed E-state index contributed by atoms with van der Waals surface area (Å²) in [6.07, 6.45) is -4.86. The third kappa shape index (κ3) is 4.15. The third-order valence-corrected chi connectivity index (χ3v) is 4.76. The van der Waals surface area contributed by atoms with Gasteiger partial charge in [0.05, 0.1) is 5.57 Å². The number of primary sulfonamides is 1. The van der Waals surface area contributed by atoms with E-state index in [1.165, 1.54) is 18.2 Å². The summed E-state index contributed by atoms with van der Waals surface area (Å²) in [6.45, 7) is -0.219. The second-order valence-electron chi connectivity index (χ2n) is 5.69.